The lowest BCUT2D eigenvalue weighted by Gasteiger charge is -2.16. The van der Waals surface area contributed by atoms with Crippen LogP contribution in [-0.4, -0.2) is 11.9 Å². The third kappa shape index (κ3) is 3.61. The maximum Gasteiger partial charge on any atom is 0.125 e. The first-order valence-electron chi connectivity index (χ1n) is 7.30. The molecular formula is C18H18BrClO. The predicted molar refractivity (Wildman–Crippen MR) is 91.8 cm³/mol. The Bertz CT molecular complexity index is 612. The molecule has 0 radical (unpaired) electrons. The van der Waals surface area contributed by atoms with Gasteiger partial charge in [0, 0.05) is 16.8 Å². The van der Waals surface area contributed by atoms with E-state index in [1.165, 1.54) is 16.7 Å². The van der Waals surface area contributed by atoms with E-state index in [4.69, 9.17) is 16.3 Å². The van der Waals surface area contributed by atoms with E-state index in [1.807, 2.05) is 6.07 Å². The van der Waals surface area contributed by atoms with Gasteiger partial charge >= 0.3 is 0 Å². The zero-order valence-electron chi connectivity index (χ0n) is 11.8. The van der Waals surface area contributed by atoms with Gasteiger partial charge in [-0.15, -0.1) is 0 Å². The van der Waals surface area contributed by atoms with Crippen LogP contribution in [0, 0.1) is 5.92 Å². The van der Waals surface area contributed by atoms with Gasteiger partial charge in [0.15, 0.2) is 0 Å². The van der Waals surface area contributed by atoms with Gasteiger partial charge in [0.2, 0.25) is 0 Å². The SMILES string of the molecule is Clc1cc2c(c(CC(CBr)Cc3ccccc3)c1)OCC2. The monoisotopic (exact) mass is 364 g/mol. The molecule has 0 bridgehead atoms. The molecule has 110 valence electrons. The molecule has 1 aliphatic heterocycles. The van der Waals surface area contributed by atoms with Crippen LogP contribution in [0.1, 0.15) is 16.7 Å². The van der Waals surface area contributed by atoms with Crippen molar-refractivity contribution in [2.75, 3.05) is 11.9 Å². The molecule has 3 rings (SSSR count). The van der Waals surface area contributed by atoms with Gasteiger partial charge in [-0.3, -0.25) is 0 Å². The smallest absolute Gasteiger partial charge is 0.125 e. The number of alkyl halides is 1. The molecule has 1 unspecified atom stereocenters. The maximum atomic E-state index is 6.25. The van der Waals surface area contributed by atoms with E-state index in [9.17, 15) is 0 Å². The van der Waals surface area contributed by atoms with Gasteiger partial charge in [-0.2, -0.15) is 0 Å². The Labute approximate surface area is 139 Å². The van der Waals surface area contributed by atoms with Crippen LogP contribution in [-0.2, 0) is 19.3 Å². The number of halogens is 2. The number of ether oxygens (including phenoxy) is 1. The second-order valence-electron chi connectivity index (χ2n) is 5.57. The Morgan fingerprint density at radius 1 is 1.14 bits per heavy atom. The van der Waals surface area contributed by atoms with Gasteiger partial charge in [0.25, 0.3) is 0 Å². The highest BCUT2D eigenvalue weighted by molar-refractivity contribution is 9.09. The molecule has 3 heteroatoms. The van der Waals surface area contributed by atoms with Gasteiger partial charge in [0.05, 0.1) is 6.61 Å². The fourth-order valence-corrected chi connectivity index (χ4v) is 3.66. The van der Waals surface area contributed by atoms with E-state index < -0.39 is 0 Å². The Hall–Kier alpha value is -0.990. The zero-order valence-corrected chi connectivity index (χ0v) is 14.2. The molecule has 0 amide bonds. The van der Waals surface area contributed by atoms with E-state index in [1.54, 1.807) is 0 Å². The van der Waals surface area contributed by atoms with Crippen molar-refractivity contribution in [3.63, 3.8) is 0 Å². The van der Waals surface area contributed by atoms with Crippen LogP contribution >= 0.6 is 27.5 Å². The summed E-state index contributed by atoms with van der Waals surface area (Å²) >= 11 is 9.90. The molecule has 0 saturated carbocycles. The number of rotatable bonds is 5. The summed E-state index contributed by atoms with van der Waals surface area (Å²) in [4.78, 5) is 0. The van der Waals surface area contributed by atoms with Crippen molar-refractivity contribution in [1.29, 1.82) is 0 Å². The van der Waals surface area contributed by atoms with E-state index in [2.05, 4.69) is 52.3 Å². The van der Waals surface area contributed by atoms with E-state index in [-0.39, 0.29) is 0 Å². The zero-order chi connectivity index (χ0) is 14.7. The third-order valence-electron chi connectivity index (χ3n) is 3.92. The van der Waals surface area contributed by atoms with Crippen LogP contribution < -0.4 is 4.74 Å². The first kappa shape index (κ1) is 14.9. The quantitative estimate of drug-likeness (QED) is 0.672. The summed E-state index contributed by atoms with van der Waals surface area (Å²) in [6.07, 6.45) is 3.02. The molecule has 0 saturated heterocycles. The highest BCUT2D eigenvalue weighted by Crippen LogP contribution is 2.34. The van der Waals surface area contributed by atoms with Crippen LogP contribution in [0.4, 0.5) is 0 Å². The van der Waals surface area contributed by atoms with Crippen LogP contribution in [0.25, 0.3) is 0 Å². The van der Waals surface area contributed by atoms with Crippen molar-refractivity contribution in [2.45, 2.75) is 19.3 Å². The number of fused-ring (bicyclic) bond motifs is 1. The lowest BCUT2D eigenvalue weighted by molar-refractivity contribution is 0.351. The lowest BCUT2D eigenvalue weighted by atomic mass is 9.93. The summed E-state index contributed by atoms with van der Waals surface area (Å²) in [7, 11) is 0. The van der Waals surface area contributed by atoms with Crippen LogP contribution in [0.5, 0.6) is 5.75 Å². The third-order valence-corrected chi connectivity index (χ3v) is 5.05. The normalized spacial score (nSPS) is 14.6. The molecule has 0 aliphatic carbocycles. The second-order valence-corrected chi connectivity index (χ2v) is 6.65. The standard InChI is InChI=1S/C18H18BrClO/c19-12-14(8-13-4-2-1-3-5-13)9-16-11-17(20)10-15-6-7-21-18(15)16/h1-5,10-11,14H,6-9,12H2. The summed E-state index contributed by atoms with van der Waals surface area (Å²) in [5.74, 6) is 1.61. The Balaban J connectivity index is 1.78. The fourth-order valence-electron chi connectivity index (χ4n) is 2.94. The molecule has 0 aromatic heterocycles. The predicted octanol–water partition coefficient (Wildman–Crippen LogP) is 5.07. The maximum absolute atomic E-state index is 6.25. The summed E-state index contributed by atoms with van der Waals surface area (Å²) in [6.45, 7) is 0.778. The Kier molecular flexibility index (Phi) is 4.87. The molecule has 1 aliphatic rings. The van der Waals surface area contributed by atoms with Crippen LogP contribution in [0.3, 0.4) is 0 Å². The molecular weight excluding hydrogens is 348 g/mol. The molecule has 0 spiro atoms. The van der Waals surface area contributed by atoms with Gasteiger partial charge in [-0.25, -0.2) is 0 Å². The molecule has 1 nitrogen and oxygen atoms in total. The topological polar surface area (TPSA) is 9.23 Å². The van der Waals surface area contributed by atoms with E-state index >= 15 is 0 Å². The number of hydrogen-bond acceptors (Lipinski definition) is 1. The molecule has 21 heavy (non-hydrogen) atoms. The van der Waals surface area contributed by atoms with Crippen molar-refractivity contribution in [3.8, 4) is 5.75 Å². The Morgan fingerprint density at radius 3 is 2.71 bits per heavy atom. The first-order chi connectivity index (χ1) is 10.3. The molecule has 2 aromatic rings. The van der Waals surface area contributed by atoms with Crippen molar-refractivity contribution in [3.05, 3.63) is 64.2 Å². The van der Waals surface area contributed by atoms with Crippen LogP contribution in [0.2, 0.25) is 5.02 Å². The highest BCUT2D eigenvalue weighted by atomic mass is 79.9. The van der Waals surface area contributed by atoms with Crippen molar-refractivity contribution < 1.29 is 4.74 Å². The lowest BCUT2D eigenvalue weighted by Crippen LogP contribution is -2.10. The minimum Gasteiger partial charge on any atom is -0.493 e. The van der Waals surface area contributed by atoms with Gasteiger partial charge in [-0.1, -0.05) is 57.9 Å². The van der Waals surface area contributed by atoms with Crippen molar-refractivity contribution >= 4 is 27.5 Å². The minimum absolute atomic E-state index is 0.541. The summed E-state index contributed by atoms with van der Waals surface area (Å²) in [6, 6.07) is 14.7. The first-order valence-corrected chi connectivity index (χ1v) is 8.80. The minimum atomic E-state index is 0.541. The van der Waals surface area contributed by atoms with E-state index in [0.29, 0.717) is 5.92 Å². The summed E-state index contributed by atoms with van der Waals surface area (Å²) in [5.41, 5.74) is 3.88. The number of hydrogen-bond donors (Lipinski definition) is 0. The largest absolute Gasteiger partial charge is 0.493 e. The Morgan fingerprint density at radius 2 is 1.95 bits per heavy atom. The average molecular weight is 366 g/mol. The highest BCUT2D eigenvalue weighted by Gasteiger charge is 2.20. The molecule has 1 atom stereocenters. The van der Waals surface area contributed by atoms with Gasteiger partial charge in [-0.05, 0) is 47.6 Å². The molecule has 0 fully saturated rings. The molecule has 2 aromatic carbocycles. The average Bonchev–Trinajstić information content (AvgIpc) is 2.96. The summed E-state index contributed by atoms with van der Waals surface area (Å²) in [5, 5.41) is 1.80. The number of benzene rings is 2. The molecule has 0 N–H and O–H groups in total. The molecule has 1 heterocycles. The van der Waals surface area contributed by atoms with E-state index in [0.717, 1.165) is 42.0 Å². The van der Waals surface area contributed by atoms with Crippen molar-refractivity contribution in [2.24, 2.45) is 5.92 Å². The second kappa shape index (κ2) is 6.85. The van der Waals surface area contributed by atoms with Gasteiger partial charge < -0.3 is 4.74 Å². The van der Waals surface area contributed by atoms with Gasteiger partial charge in [0.1, 0.15) is 5.75 Å². The summed E-state index contributed by atoms with van der Waals surface area (Å²) < 4.78 is 5.81. The fraction of sp³-hybridized carbons (Fsp3) is 0.333. The van der Waals surface area contributed by atoms with Crippen molar-refractivity contribution in [1.82, 2.24) is 0 Å². The van der Waals surface area contributed by atoms with Crippen LogP contribution in [0.15, 0.2) is 42.5 Å².